The van der Waals surface area contributed by atoms with Crippen molar-refractivity contribution in [3.8, 4) is 0 Å². The Bertz CT molecular complexity index is 412. The zero-order chi connectivity index (χ0) is 13.7. The minimum absolute atomic E-state index is 0.426. The maximum absolute atomic E-state index is 4.52. The predicted octanol–water partition coefficient (Wildman–Crippen LogP) is 3.30. The van der Waals surface area contributed by atoms with Crippen LogP contribution in [0.1, 0.15) is 38.3 Å². The van der Waals surface area contributed by atoms with Crippen LogP contribution in [0.2, 0.25) is 0 Å². The molecule has 1 aliphatic carbocycles. The molecule has 0 atom stereocenters. The van der Waals surface area contributed by atoms with Crippen molar-refractivity contribution >= 4 is 23.5 Å². The topological polar surface area (TPSA) is 49.8 Å². The van der Waals surface area contributed by atoms with E-state index in [1.807, 2.05) is 24.8 Å². The zero-order valence-corrected chi connectivity index (χ0v) is 12.9. The Morgan fingerprint density at radius 3 is 2.68 bits per heavy atom. The van der Waals surface area contributed by atoms with Crippen molar-refractivity contribution in [1.82, 2.24) is 9.97 Å². The standard InChI is InChI=1S/C14H24N4S/c1-4-8-15-13-17-11(2)9-12(18-13)16-10-14(19-3)6-5-7-14/h9H,4-8,10H2,1-3H3,(H2,15,16,17,18). The molecule has 4 nitrogen and oxygen atoms in total. The quantitative estimate of drug-likeness (QED) is 0.802. The van der Waals surface area contributed by atoms with Gasteiger partial charge in [0.15, 0.2) is 0 Å². The summed E-state index contributed by atoms with van der Waals surface area (Å²) in [7, 11) is 0. The number of anilines is 2. The molecule has 0 unspecified atom stereocenters. The second-order valence-electron chi connectivity index (χ2n) is 5.24. The number of thioether (sulfide) groups is 1. The van der Waals surface area contributed by atoms with Gasteiger partial charge >= 0.3 is 0 Å². The normalized spacial score (nSPS) is 16.8. The summed E-state index contributed by atoms with van der Waals surface area (Å²) in [5.41, 5.74) is 1.00. The molecule has 0 aliphatic heterocycles. The first kappa shape index (κ1) is 14.4. The van der Waals surface area contributed by atoms with E-state index in [-0.39, 0.29) is 0 Å². The average molecular weight is 280 g/mol. The van der Waals surface area contributed by atoms with Gasteiger partial charge in [0, 0.05) is 29.6 Å². The lowest BCUT2D eigenvalue weighted by Gasteiger charge is -2.40. The summed E-state index contributed by atoms with van der Waals surface area (Å²) >= 11 is 1.98. The average Bonchev–Trinajstić information content (AvgIpc) is 2.35. The Morgan fingerprint density at radius 1 is 1.32 bits per heavy atom. The third-order valence-electron chi connectivity index (χ3n) is 3.68. The van der Waals surface area contributed by atoms with Gasteiger partial charge in [0.1, 0.15) is 5.82 Å². The molecule has 2 N–H and O–H groups in total. The first-order valence-corrected chi connectivity index (χ1v) is 8.28. The van der Waals surface area contributed by atoms with Crippen LogP contribution in [0.5, 0.6) is 0 Å². The third-order valence-corrected chi connectivity index (χ3v) is 5.10. The molecule has 19 heavy (non-hydrogen) atoms. The van der Waals surface area contributed by atoms with Crippen molar-refractivity contribution in [1.29, 1.82) is 0 Å². The van der Waals surface area contributed by atoms with Crippen LogP contribution in [-0.4, -0.2) is 34.1 Å². The van der Waals surface area contributed by atoms with Crippen LogP contribution in [-0.2, 0) is 0 Å². The van der Waals surface area contributed by atoms with Crippen molar-refractivity contribution in [2.45, 2.75) is 44.3 Å². The van der Waals surface area contributed by atoms with Crippen molar-refractivity contribution in [2.75, 3.05) is 30.0 Å². The van der Waals surface area contributed by atoms with Crippen molar-refractivity contribution in [3.63, 3.8) is 0 Å². The predicted molar refractivity (Wildman–Crippen MR) is 84.1 cm³/mol. The molecule has 1 heterocycles. The maximum atomic E-state index is 4.52. The van der Waals surface area contributed by atoms with Crippen LogP contribution in [0.15, 0.2) is 6.07 Å². The highest BCUT2D eigenvalue weighted by atomic mass is 32.2. The van der Waals surface area contributed by atoms with E-state index < -0.39 is 0 Å². The van der Waals surface area contributed by atoms with Crippen LogP contribution in [0.3, 0.4) is 0 Å². The number of aryl methyl sites for hydroxylation is 1. The summed E-state index contributed by atoms with van der Waals surface area (Å²) < 4.78 is 0.426. The first-order chi connectivity index (χ1) is 9.17. The van der Waals surface area contributed by atoms with Crippen molar-refractivity contribution in [3.05, 3.63) is 11.8 Å². The molecule has 1 fully saturated rings. The van der Waals surface area contributed by atoms with Crippen LogP contribution in [0.25, 0.3) is 0 Å². The highest BCUT2D eigenvalue weighted by Gasteiger charge is 2.35. The van der Waals surface area contributed by atoms with Gasteiger partial charge in [-0.15, -0.1) is 0 Å². The zero-order valence-electron chi connectivity index (χ0n) is 12.1. The van der Waals surface area contributed by atoms with Crippen LogP contribution in [0.4, 0.5) is 11.8 Å². The molecule has 0 spiro atoms. The summed E-state index contributed by atoms with van der Waals surface area (Å²) in [6.45, 7) is 6.06. The fraction of sp³-hybridized carbons (Fsp3) is 0.714. The maximum Gasteiger partial charge on any atom is 0.224 e. The molecule has 1 aromatic heterocycles. The lowest BCUT2D eigenvalue weighted by atomic mass is 9.84. The molecule has 0 saturated heterocycles. The summed E-state index contributed by atoms with van der Waals surface area (Å²) in [5, 5.41) is 6.73. The summed E-state index contributed by atoms with van der Waals surface area (Å²) in [6.07, 6.45) is 7.27. The van der Waals surface area contributed by atoms with Gasteiger partial charge in [-0.25, -0.2) is 4.98 Å². The molecular weight excluding hydrogens is 256 g/mol. The SMILES string of the molecule is CCCNc1nc(C)cc(NCC2(SC)CCC2)n1. The van der Waals surface area contributed by atoms with Crippen LogP contribution >= 0.6 is 11.8 Å². The fourth-order valence-electron chi connectivity index (χ4n) is 2.25. The third kappa shape index (κ3) is 3.75. The van der Waals surface area contributed by atoms with Gasteiger partial charge in [-0.3, -0.25) is 0 Å². The molecule has 1 aromatic rings. The van der Waals surface area contributed by atoms with E-state index in [2.05, 4.69) is 33.8 Å². The van der Waals surface area contributed by atoms with E-state index in [1.54, 1.807) is 0 Å². The molecule has 0 bridgehead atoms. The molecule has 5 heteroatoms. The van der Waals surface area contributed by atoms with E-state index in [4.69, 9.17) is 0 Å². The second kappa shape index (κ2) is 6.46. The Labute approximate surface area is 120 Å². The van der Waals surface area contributed by atoms with Crippen molar-refractivity contribution in [2.24, 2.45) is 0 Å². The smallest absolute Gasteiger partial charge is 0.224 e. The fourth-order valence-corrected chi connectivity index (χ4v) is 3.16. The van der Waals surface area contributed by atoms with E-state index in [0.717, 1.165) is 37.0 Å². The number of aromatic nitrogens is 2. The van der Waals surface area contributed by atoms with Crippen LogP contribution < -0.4 is 10.6 Å². The molecule has 0 amide bonds. The molecule has 1 saturated carbocycles. The van der Waals surface area contributed by atoms with Gasteiger partial charge < -0.3 is 10.6 Å². The van der Waals surface area contributed by atoms with E-state index in [0.29, 0.717) is 4.75 Å². The Balaban J connectivity index is 1.97. The van der Waals surface area contributed by atoms with Gasteiger partial charge in [-0.1, -0.05) is 13.3 Å². The number of nitrogens with one attached hydrogen (secondary N) is 2. The molecule has 2 rings (SSSR count). The minimum Gasteiger partial charge on any atom is -0.369 e. The van der Waals surface area contributed by atoms with Gasteiger partial charge in [-0.2, -0.15) is 16.7 Å². The van der Waals surface area contributed by atoms with Gasteiger partial charge in [-0.05, 0) is 32.4 Å². The highest BCUT2D eigenvalue weighted by molar-refractivity contribution is 8.00. The lowest BCUT2D eigenvalue weighted by molar-refractivity contribution is 0.379. The molecule has 1 aliphatic rings. The monoisotopic (exact) mass is 280 g/mol. The van der Waals surface area contributed by atoms with Crippen molar-refractivity contribution < 1.29 is 0 Å². The van der Waals surface area contributed by atoms with E-state index >= 15 is 0 Å². The second-order valence-corrected chi connectivity index (χ2v) is 6.51. The summed E-state index contributed by atoms with van der Waals surface area (Å²) in [4.78, 5) is 8.93. The molecule has 0 radical (unpaired) electrons. The summed E-state index contributed by atoms with van der Waals surface area (Å²) in [5.74, 6) is 1.67. The Kier molecular flexibility index (Phi) is 4.91. The van der Waals surface area contributed by atoms with E-state index in [9.17, 15) is 0 Å². The molecular formula is C14H24N4S. The number of nitrogens with zero attached hydrogens (tertiary/aromatic N) is 2. The number of rotatable bonds is 7. The number of hydrogen-bond acceptors (Lipinski definition) is 5. The minimum atomic E-state index is 0.426. The largest absolute Gasteiger partial charge is 0.369 e. The van der Waals surface area contributed by atoms with Gasteiger partial charge in [0.05, 0.1) is 0 Å². The summed E-state index contributed by atoms with van der Waals surface area (Å²) in [6, 6.07) is 2.02. The molecule has 0 aromatic carbocycles. The van der Waals surface area contributed by atoms with E-state index in [1.165, 1.54) is 19.3 Å². The van der Waals surface area contributed by atoms with Crippen LogP contribution in [0, 0.1) is 6.92 Å². The van der Waals surface area contributed by atoms with Gasteiger partial charge in [0.2, 0.25) is 5.95 Å². The lowest BCUT2D eigenvalue weighted by Crippen LogP contribution is -2.40. The van der Waals surface area contributed by atoms with Gasteiger partial charge in [0.25, 0.3) is 0 Å². The Morgan fingerprint density at radius 2 is 2.11 bits per heavy atom. The number of hydrogen-bond donors (Lipinski definition) is 2. The first-order valence-electron chi connectivity index (χ1n) is 7.06. The highest BCUT2D eigenvalue weighted by Crippen LogP contribution is 2.42. The Hall–Kier alpha value is -0.970. The molecule has 106 valence electrons.